The lowest BCUT2D eigenvalue weighted by Crippen LogP contribution is -2.27. The van der Waals surface area contributed by atoms with Crippen LogP contribution in [0.2, 0.25) is 0 Å². The molecule has 0 aliphatic heterocycles. The van der Waals surface area contributed by atoms with Gasteiger partial charge in [0, 0.05) is 31.8 Å². The molecule has 0 saturated carbocycles. The number of fused-ring (bicyclic) bond motifs is 1. The summed E-state index contributed by atoms with van der Waals surface area (Å²) in [5, 5.41) is 3.24. The molecule has 0 fully saturated rings. The molecule has 0 aliphatic rings. The fourth-order valence-electron chi connectivity index (χ4n) is 3.15. The molecule has 0 unspecified atom stereocenters. The van der Waals surface area contributed by atoms with E-state index < -0.39 is 6.09 Å². The third-order valence-corrected chi connectivity index (χ3v) is 4.67. The predicted molar refractivity (Wildman–Crippen MR) is 127 cm³/mol. The molecule has 1 amide bonds. The van der Waals surface area contributed by atoms with E-state index in [4.69, 9.17) is 13.9 Å². The lowest BCUT2D eigenvalue weighted by Gasteiger charge is -2.17. The Morgan fingerprint density at radius 3 is 2.78 bits per heavy atom. The molecule has 0 atom stereocenters. The number of amides is 1. The van der Waals surface area contributed by atoms with E-state index in [0.29, 0.717) is 35.6 Å². The van der Waals surface area contributed by atoms with E-state index in [0.717, 1.165) is 31.5 Å². The van der Waals surface area contributed by atoms with Crippen LogP contribution in [0.4, 0.5) is 4.79 Å². The average Bonchev–Trinajstić information content (AvgIpc) is 2.75. The first kappa shape index (κ1) is 25.2. The molecule has 7 nitrogen and oxygen atoms in total. The summed E-state index contributed by atoms with van der Waals surface area (Å²) in [6.07, 6.45) is 2.66. The van der Waals surface area contributed by atoms with E-state index in [1.165, 1.54) is 12.3 Å². The number of nitrogens with one attached hydrogen (secondary N) is 1. The van der Waals surface area contributed by atoms with Crippen molar-refractivity contribution in [2.24, 2.45) is 0 Å². The lowest BCUT2D eigenvalue weighted by atomic mass is 10.2. The van der Waals surface area contributed by atoms with E-state index >= 15 is 0 Å². The molecule has 0 aliphatic carbocycles. The summed E-state index contributed by atoms with van der Waals surface area (Å²) in [6.45, 7) is 4.70. The standard InChI is InChI=1S/C24H28N2O5.ClH/c1-3-11-25-24(28)31-20-7-4-6-18(15-20)17-26(2)12-5-13-29-19-8-9-21-22(27)10-14-30-23(21)16-19;/h4,6-10,14-16H,3,5,11-13,17H2,1-2H3,(H,25,28);1H. The van der Waals surface area contributed by atoms with E-state index in [1.54, 1.807) is 24.3 Å². The molecule has 2 aromatic carbocycles. The summed E-state index contributed by atoms with van der Waals surface area (Å²) in [6, 6.07) is 14.2. The molecule has 1 aromatic heterocycles. The van der Waals surface area contributed by atoms with Gasteiger partial charge in [0.15, 0.2) is 5.43 Å². The number of nitrogens with zero attached hydrogens (tertiary/aromatic N) is 1. The molecule has 8 heteroatoms. The first-order valence-corrected chi connectivity index (χ1v) is 10.4. The van der Waals surface area contributed by atoms with Gasteiger partial charge in [-0.1, -0.05) is 19.1 Å². The Bertz CT molecular complexity index is 1070. The third-order valence-electron chi connectivity index (χ3n) is 4.67. The second kappa shape index (κ2) is 12.7. The van der Waals surface area contributed by atoms with Crippen molar-refractivity contribution in [3.63, 3.8) is 0 Å². The molecule has 3 rings (SSSR count). The Morgan fingerprint density at radius 2 is 1.97 bits per heavy atom. The zero-order chi connectivity index (χ0) is 22.1. The van der Waals surface area contributed by atoms with Gasteiger partial charge in [0.2, 0.25) is 0 Å². The number of carbonyl (C=O) groups is 1. The highest BCUT2D eigenvalue weighted by atomic mass is 35.5. The second-order valence-electron chi connectivity index (χ2n) is 7.35. The summed E-state index contributed by atoms with van der Waals surface area (Å²) in [5.74, 6) is 1.21. The Hall–Kier alpha value is -3.03. The van der Waals surface area contributed by atoms with Crippen LogP contribution >= 0.6 is 12.4 Å². The van der Waals surface area contributed by atoms with Crippen LogP contribution in [-0.2, 0) is 6.54 Å². The van der Waals surface area contributed by atoms with E-state index in [-0.39, 0.29) is 17.8 Å². The lowest BCUT2D eigenvalue weighted by molar-refractivity contribution is 0.200. The van der Waals surface area contributed by atoms with Crippen LogP contribution in [0.1, 0.15) is 25.3 Å². The molecule has 0 spiro atoms. The quantitative estimate of drug-likeness (QED) is 0.445. The van der Waals surface area contributed by atoms with Crippen LogP contribution in [0.25, 0.3) is 11.0 Å². The Balaban J connectivity index is 0.00000363. The topological polar surface area (TPSA) is 81.0 Å². The highest BCUT2D eigenvalue weighted by Gasteiger charge is 2.07. The SMILES string of the molecule is CCCNC(=O)Oc1cccc(CN(C)CCCOc2ccc3c(=O)ccoc3c2)c1.Cl. The largest absolute Gasteiger partial charge is 0.493 e. The maximum atomic E-state index is 11.8. The molecule has 1 heterocycles. The Labute approximate surface area is 193 Å². The van der Waals surface area contributed by atoms with E-state index in [1.807, 2.05) is 32.2 Å². The van der Waals surface area contributed by atoms with Crippen LogP contribution in [0.5, 0.6) is 11.5 Å². The van der Waals surface area contributed by atoms with Gasteiger partial charge >= 0.3 is 6.09 Å². The fourth-order valence-corrected chi connectivity index (χ4v) is 3.15. The normalized spacial score (nSPS) is 10.6. The van der Waals surface area contributed by atoms with Gasteiger partial charge in [0.1, 0.15) is 17.1 Å². The number of halogens is 1. The fraction of sp³-hybridized carbons (Fsp3) is 0.333. The van der Waals surface area contributed by atoms with Crippen LogP contribution in [-0.4, -0.2) is 37.7 Å². The van der Waals surface area contributed by atoms with Crippen molar-refractivity contribution < 1.29 is 18.7 Å². The van der Waals surface area contributed by atoms with Crippen LogP contribution < -0.4 is 20.2 Å². The maximum absolute atomic E-state index is 11.8. The van der Waals surface area contributed by atoms with Crippen molar-refractivity contribution in [3.05, 3.63) is 70.6 Å². The van der Waals surface area contributed by atoms with E-state index in [2.05, 4.69) is 10.2 Å². The molecule has 3 aromatic rings. The minimum Gasteiger partial charge on any atom is -0.493 e. The second-order valence-corrected chi connectivity index (χ2v) is 7.35. The molecule has 1 N–H and O–H groups in total. The minimum atomic E-state index is -0.433. The number of hydrogen-bond donors (Lipinski definition) is 1. The molecule has 0 saturated heterocycles. The van der Waals surface area contributed by atoms with Gasteiger partial charge in [-0.3, -0.25) is 4.79 Å². The highest BCUT2D eigenvalue weighted by molar-refractivity contribution is 5.85. The van der Waals surface area contributed by atoms with Gasteiger partial charge in [0.05, 0.1) is 18.3 Å². The van der Waals surface area contributed by atoms with Gasteiger partial charge in [-0.2, -0.15) is 0 Å². The van der Waals surface area contributed by atoms with Crippen molar-refractivity contribution in [2.45, 2.75) is 26.3 Å². The summed E-state index contributed by atoms with van der Waals surface area (Å²) in [7, 11) is 2.03. The number of ether oxygens (including phenoxy) is 2. The molecule has 172 valence electrons. The summed E-state index contributed by atoms with van der Waals surface area (Å²) in [4.78, 5) is 25.6. The molecule has 0 radical (unpaired) electrons. The minimum absolute atomic E-state index is 0. The molecular formula is C24H29ClN2O5. The summed E-state index contributed by atoms with van der Waals surface area (Å²) in [5.41, 5.74) is 1.52. The van der Waals surface area contributed by atoms with Crippen molar-refractivity contribution >= 4 is 29.5 Å². The summed E-state index contributed by atoms with van der Waals surface area (Å²) >= 11 is 0. The monoisotopic (exact) mass is 460 g/mol. The smallest absolute Gasteiger partial charge is 0.412 e. The van der Waals surface area contributed by atoms with Crippen LogP contribution in [0.3, 0.4) is 0 Å². The van der Waals surface area contributed by atoms with Crippen LogP contribution in [0.15, 0.2) is 64.0 Å². The predicted octanol–water partition coefficient (Wildman–Crippen LogP) is 4.61. The average molecular weight is 461 g/mol. The highest BCUT2D eigenvalue weighted by Crippen LogP contribution is 2.19. The zero-order valence-corrected chi connectivity index (χ0v) is 19.2. The van der Waals surface area contributed by atoms with Crippen molar-refractivity contribution in [1.82, 2.24) is 10.2 Å². The molecular weight excluding hydrogens is 432 g/mol. The molecule has 0 bridgehead atoms. The van der Waals surface area contributed by atoms with E-state index in [9.17, 15) is 9.59 Å². The van der Waals surface area contributed by atoms with Crippen LogP contribution in [0, 0.1) is 0 Å². The number of rotatable bonds is 10. The number of carbonyl (C=O) groups excluding carboxylic acids is 1. The maximum Gasteiger partial charge on any atom is 0.412 e. The van der Waals surface area contributed by atoms with Crippen molar-refractivity contribution in [1.29, 1.82) is 0 Å². The van der Waals surface area contributed by atoms with Crippen molar-refractivity contribution in [3.8, 4) is 11.5 Å². The number of hydrogen-bond acceptors (Lipinski definition) is 6. The van der Waals surface area contributed by atoms with Gasteiger partial charge < -0.3 is 24.1 Å². The first-order valence-electron chi connectivity index (χ1n) is 10.4. The summed E-state index contributed by atoms with van der Waals surface area (Å²) < 4.78 is 16.5. The third kappa shape index (κ3) is 7.59. The van der Waals surface area contributed by atoms with Gasteiger partial charge in [-0.15, -0.1) is 12.4 Å². The van der Waals surface area contributed by atoms with Gasteiger partial charge in [-0.25, -0.2) is 4.79 Å². The zero-order valence-electron chi connectivity index (χ0n) is 18.3. The Morgan fingerprint density at radius 1 is 1.12 bits per heavy atom. The Kier molecular flexibility index (Phi) is 10.0. The first-order chi connectivity index (χ1) is 15.0. The van der Waals surface area contributed by atoms with Gasteiger partial charge in [-0.05, 0) is 49.7 Å². The van der Waals surface area contributed by atoms with Gasteiger partial charge in [0.25, 0.3) is 0 Å². The molecule has 32 heavy (non-hydrogen) atoms. The van der Waals surface area contributed by atoms with Crippen molar-refractivity contribution in [2.75, 3.05) is 26.7 Å². The number of benzene rings is 2.